The highest BCUT2D eigenvalue weighted by atomic mass is 35.5. The van der Waals surface area contributed by atoms with Crippen molar-refractivity contribution < 1.29 is 4.79 Å². The fourth-order valence-electron chi connectivity index (χ4n) is 2.19. The van der Waals surface area contributed by atoms with E-state index in [2.05, 4.69) is 20.8 Å². The second kappa shape index (κ2) is 7.10. The molecule has 0 aliphatic heterocycles. The number of anilines is 3. The molecule has 6 heteroatoms. The summed E-state index contributed by atoms with van der Waals surface area (Å²) in [6.07, 6.45) is 0. The molecule has 2 aromatic carbocycles. The second-order valence-electron chi connectivity index (χ2n) is 5.21. The molecule has 0 radical (unpaired) electrons. The lowest BCUT2D eigenvalue weighted by molar-refractivity contribution is 0.102. The lowest BCUT2D eigenvalue weighted by atomic mass is 10.1. The Hall–Kier alpha value is -2.92. The van der Waals surface area contributed by atoms with E-state index in [0.717, 1.165) is 11.3 Å². The summed E-state index contributed by atoms with van der Waals surface area (Å²) in [5.74, 6) is 0.740. The number of carbonyl (C=O) groups is 1. The third kappa shape index (κ3) is 3.88. The molecule has 0 fully saturated rings. The van der Waals surface area contributed by atoms with Crippen molar-refractivity contribution in [2.24, 2.45) is 0 Å². The molecule has 0 unspecified atom stereocenters. The van der Waals surface area contributed by atoms with E-state index in [9.17, 15) is 4.79 Å². The molecule has 120 valence electrons. The molecular formula is C18H15ClN4O. The Balaban J connectivity index is 1.68. The summed E-state index contributed by atoms with van der Waals surface area (Å²) in [4.78, 5) is 12.2. The van der Waals surface area contributed by atoms with Crippen LogP contribution < -0.4 is 10.6 Å². The van der Waals surface area contributed by atoms with Crippen LogP contribution in [-0.4, -0.2) is 16.1 Å². The number of carbonyl (C=O) groups excluding carboxylic acids is 1. The molecule has 0 saturated heterocycles. The van der Waals surface area contributed by atoms with E-state index in [-0.39, 0.29) is 5.91 Å². The maximum atomic E-state index is 12.2. The number of rotatable bonds is 4. The average Bonchev–Trinajstić information content (AvgIpc) is 2.57. The first-order chi connectivity index (χ1) is 11.6. The van der Waals surface area contributed by atoms with Crippen LogP contribution in [0.1, 0.15) is 15.9 Å². The summed E-state index contributed by atoms with van der Waals surface area (Å²) in [5.41, 5.74) is 2.33. The molecule has 0 bridgehead atoms. The van der Waals surface area contributed by atoms with Crippen molar-refractivity contribution in [3.63, 3.8) is 0 Å². The van der Waals surface area contributed by atoms with Gasteiger partial charge in [-0.1, -0.05) is 35.9 Å². The predicted molar refractivity (Wildman–Crippen MR) is 95.9 cm³/mol. The van der Waals surface area contributed by atoms with Gasteiger partial charge in [0.25, 0.3) is 5.91 Å². The Morgan fingerprint density at radius 1 is 0.958 bits per heavy atom. The maximum Gasteiger partial charge on any atom is 0.257 e. The summed E-state index contributed by atoms with van der Waals surface area (Å²) in [6, 6.07) is 18.1. The van der Waals surface area contributed by atoms with Crippen LogP contribution in [0.15, 0.2) is 60.7 Å². The van der Waals surface area contributed by atoms with Gasteiger partial charge in [-0.3, -0.25) is 4.79 Å². The van der Waals surface area contributed by atoms with Gasteiger partial charge in [-0.25, -0.2) is 0 Å². The topological polar surface area (TPSA) is 66.9 Å². The zero-order chi connectivity index (χ0) is 16.9. The van der Waals surface area contributed by atoms with Crippen LogP contribution in [-0.2, 0) is 0 Å². The van der Waals surface area contributed by atoms with E-state index in [1.54, 1.807) is 30.3 Å². The number of benzene rings is 2. The highest BCUT2D eigenvalue weighted by molar-refractivity contribution is 6.30. The van der Waals surface area contributed by atoms with Gasteiger partial charge in [0.15, 0.2) is 11.6 Å². The van der Waals surface area contributed by atoms with Crippen molar-refractivity contribution in [1.82, 2.24) is 10.2 Å². The monoisotopic (exact) mass is 338 g/mol. The standard InChI is InChI=1S/C18H15ClN4O/c1-12-5-2-3-8-15(12)18(24)21-17-10-9-16(22-23-17)20-14-7-4-6-13(19)11-14/h2-11H,1H3,(H,20,22)(H,21,23,24). The first-order valence-electron chi connectivity index (χ1n) is 7.35. The Morgan fingerprint density at radius 3 is 2.42 bits per heavy atom. The summed E-state index contributed by atoms with van der Waals surface area (Å²) in [6.45, 7) is 1.89. The third-order valence-corrected chi connectivity index (χ3v) is 3.63. The fraction of sp³-hybridized carbons (Fsp3) is 0.0556. The van der Waals surface area contributed by atoms with Crippen LogP contribution in [0, 0.1) is 6.92 Å². The highest BCUT2D eigenvalue weighted by Gasteiger charge is 2.09. The van der Waals surface area contributed by atoms with E-state index < -0.39 is 0 Å². The first-order valence-corrected chi connectivity index (χ1v) is 7.73. The van der Waals surface area contributed by atoms with Gasteiger partial charge in [-0.05, 0) is 48.9 Å². The van der Waals surface area contributed by atoms with Crippen LogP contribution in [0.5, 0.6) is 0 Å². The van der Waals surface area contributed by atoms with Crippen LogP contribution in [0.4, 0.5) is 17.3 Å². The van der Waals surface area contributed by atoms with Crippen molar-refractivity contribution in [2.45, 2.75) is 6.92 Å². The van der Waals surface area contributed by atoms with Crippen LogP contribution in [0.3, 0.4) is 0 Å². The molecule has 3 aromatic rings. The Bertz CT molecular complexity index is 865. The number of halogens is 1. The molecule has 0 atom stereocenters. The van der Waals surface area contributed by atoms with Crippen molar-refractivity contribution >= 4 is 34.8 Å². The van der Waals surface area contributed by atoms with Gasteiger partial charge in [-0.15, -0.1) is 10.2 Å². The number of hydrogen-bond donors (Lipinski definition) is 2. The van der Waals surface area contributed by atoms with Gasteiger partial charge < -0.3 is 10.6 Å². The quantitative estimate of drug-likeness (QED) is 0.738. The molecule has 24 heavy (non-hydrogen) atoms. The maximum absolute atomic E-state index is 12.2. The van der Waals surface area contributed by atoms with E-state index in [1.807, 2.05) is 37.3 Å². The van der Waals surface area contributed by atoms with Crippen molar-refractivity contribution in [3.8, 4) is 0 Å². The van der Waals surface area contributed by atoms with Gasteiger partial charge in [0.05, 0.1) is 0 Å². The van der Waals surface area contributed by atoms with E-state index in [4.69, 9.17) is 11.6 Å². The molecular weight excluding hydrogens is 324 g/mol. The van der Waals surface area contributed by atoms with Gasteiger partial charge in [0, 0.05) is 16.3 Å². The molecule has 0 saturated carbocycles. The second-order valence-corrected chi connectivity index (χ2v) is 5.64. The van der Waals surface area contributed by atoms with Gasteiger partial charge in [0.2, 0.25) is 0 Å². The molecule has 0 aliphatic carbocycles. The van der Waals surface area contributed by atoms with Crippen LogP contribution in [0.2, 0.25) is 5.02 Å². The fourth-order valence-corrected chi connectivity index (χ4v) is 2.38. The van der Waals surface area contributed by atoms with Gasteiger partial charge >= 0.3 is 0 Å². The normalized spacial score (nSPS) is 10.2. The number of nitrogens with one attached hydrogen (secondary N) is 2. The van der Waals surface area contributed by atoms with Crippen molar-refractivity contribution in [1.29, 1.82) is 0 Å². The zero-order valence-corrected chi connectivity index (χ0v) is 13.7. The Kier molecular flexibility index (Phi) is 4.72. The molecule has 0 spiro atoms. The third-order valence-electron chi connectivity index (χ3n) is 3.39. The van der Waals surface area contributed by atoms with Crippen molar-refractivity contribution in [2.75, 3.05) is 10.6 Å². The molecule has 0 aliphatic rings. The van der Waals surface area contributed by atoms with E-state index in [0.29, 0.717) is 22.2 Å². The highest BCUT2D eigenvalue weighted by Crippen LogP contribution is 2.19. The number of hydrogen-bond acceptors (Lipinski definition) is 4. The van der Waals surface area contributed by atoms with E-state index >= 15 is 0 Å². The number of aryl methyl sites for hydroxylation is 1. The minimum absolute atomic E-state index is 0.210. The number of aromatic nitrogens is 2. The minimum atomic E-state index is -0.210. The Labute approximate surface area is 144 Å². The molecule has 1 amide bonds. The summed E-state index contributed by atoms with van der Waals surface area (Å²) in [5, 5.41) is 14.5. The van der Waals surface area contributed by atoms with E-state index in [1.165, 1.54) is 0 Å². The molecule has 3 rings (SSSR count). The first kappa shape index (κ1) is 16.0. The summed E-state index contributed by atoms with van der Waals surface area (Å²) in [7, 11) is 0. The Morgan fingerprint density at radius 2 is 1.71 bits per heavy atom. The van der Waals surface area contributed by atoms with Crippen LogP contribution in [0.25, 0.3) is 0 Å². The van der Waals surface area contributed by atoms with Crippen molar-refractivity contribution in [3.05, 3.63) is 76.8 Å². The largest absolute Gasteiger partial charge is 0.339 e. The summed E-state index contributed by atoms with van der Waals surface area (Å²) >= 11 is 5.94. The number of amides is 1. The smallest absolute Gasteiger partial charge is 0.257 e. The summed E-state index contributed by atoms with van der Waals surface area (Å²) < 4.78 is 0. The van der Waals surface area contributed by atoms with Gasteiger partial charge in [-0.2, -0.15) is 0 Å². The minimum Gasteiger partial charge on any atom is -0.339 e. The van der Waals surface area contributed by atoms with Crippen LogP contribution >= 0.6 is 11.6 Å². The van der Waals surface area contributed by atoms with Gasteiger partial charge in [0.1, 0.15) is 0 Å². The SMILES string of the molecule is Cc1ccccc1C(=O)Nc1ccc(Nc2cccc(Cl)c2)nn1. The molecule has 2 N–H and O–H groups in total. The zero-order valence-electron chi connectivity index (χ0n) is 13.0. The average molecular weight is 339 g/mol. The number of nitrogens with zero attached hydrogens (tertiary/aromatic N) is 2. The predicted octanol–water partition coefficient (Wildman–Crippen LogP) is 4.43. The lowest BCUT2D eigenvalue weighted by Gasteiger charge is -2.08. The molecule has 1 heterocycles. The molecule has 5 nitrogen and oxygen atoms in total. The lowest BCUT2D eigenvalue weighted by Crippen LogP contribution is -2.14. The molecule has 1 aromatic heterocycles.